The second-order valence-electron chi connectivity index (χ2n) is 6.26. The van der Waals surface area contributed by atoms with Gasteiger partial charge in [0, 0.05) is 12.2 Å². The number of carbonyl (C=O) groups excluding carboxylic acids is 2. The fourth-order valence-electron chi connectivity index (χ4n) is 2.93. The molecule has 0 radical (unpaired) electrons. The van der Waals surface area contributed by atoms with Crippen molar-refractivity contribution in [2.75, 3.05) is 13.2 Å². The molecule has 0 spiro atoms. The van der Waals surface area contributed by atoms with Gasteiger partial charge in [0.2, 0.25) is 0 Å². The molecule has 1 aliphatic rings. The number of nitriles is 1. The zero-order valence-corrected chi connectivity index (χ0v) is 15.8. The predicted molar refractivity (Wildman–Crippen MR) is 101 cm³/mol. The van der Waals surface area contributed by atoms with Crippen LogP contribution in [0, 0.1) is 35.3 Å². The van der Waals surface area contributed by atoms with Gasteiger partial charge in [-0.15, -0.1) is 17.8 Å². The van der Waals surface area contributed by atoms with Gasteiger partial charge in [-0.1, -0.05) is 5.92 Å². The minimum Gasteiger partial charge on any atom is -0.379 e. The lowest BCUT2D eigenvalue weighted by atomic mass is 10.0. The molecule has 2 atom stereocenters. The summed E-state index contributed by atoms with van der Waals surface area (Å²) < 4.78 is 33.7. The first-order chi connectivity index (χ1) is 13.9. The lowest BCUT2D eigenvalue weighted by molar-refractivity contribution is 0.0435. The maximum Gasteiger partial charge on any atom is 0.261 e. The molecule has 1 aliphatic heterocycles. The molecule has 6 nitrogen and oxygen atoms in total. The number of halogens is 2. The average molecular weight is 415 g/mol. The lowest BCUT2D eigenvalue weighted by Gasteiger charge is -2.32. The number of benzene rings is 1. The third-order valence-corrected chi connectivity index (χ3v) is 5.35. The van der Waals surface area contributed by atoms with Gasteiger partial charge in [0.15, 0.2) is 0 Å². The van der Waals surface area contributed by atoms with Crippen molar-refractivity contribution < 1.29 is 23.1 Å². The van der Waals surface area contributed by atoms with Crippen molar-refractivity contribution in [2.45, 2.75) is 18.5 Å². The van der Waals surface area contributed by atoms with Crippen LogP contribution in [0.5, 0.6) is 0 Å². The summed E-state index contributed by atoms with van der Waals surface area (Å²) in [7, 11) is 0. The molecule has 2 N–H and O–H groups in total. The van der Waals surface area contributed by atoms with Crippen molar-refractivity contribution in [1.82, 2.24) is 10.6 Å². The van der Waals surface area contributed by atoms with Gasteiger partial charge in [0.1, 0.15) is 28.1 Å². The number of nitrogens with one attached hydrogen (secondary N) is 2. The van der Waals surface area contributed by atoms with Crippen LogP contribution < -0.4 is 10.6 Å². The van der Waals surface area contributed by atoms with E-state index >= 15 is 0 Å². The molecular weight excluding hydrogens is 400 g/mol. The summed E-state index contributed by atoms with van der Waals surface area (Å²) in [5.74, 6) is -1.39. The number of carbonyl (C=O) groups is 2. The van der Waals surface area contributed by atoms with E-state index in [1.54, 1.807) is 0 Å². The van der Waals surface area contributed by atoms with Gasteiger partial charge in [-0.3, -0.25) is 9.59 Å². The summed E-state index contributed by atoms with van der Waals surface area (Å²) in [5, 5.41) is 14.2. The summed E-state index contributed by atoms with van der Waals surface area (Å²) in [6.45, 7) is 0.435. The maximum absolute atomic E-state index is 14.2. The van der Waals surface area contributed by atoms with Crippen LogP contribution >= 0.6 is 11.3 Å². The van der Waals surface area contributed by atoms with E-state index in [1.165, 1.54) is 12.1 Å². The molecule has 0 bridgehead atoms. The van der Waals surface area contributed by atoms with Crippen molar-refractivity contribution in [3.05, 3.63) is 56.8 Å². The molecule has 1 aromatic heterocycles. The van der Waals surface area contributed by atoms with E-state index in [0.29, 0.717) is 22.8 Å². The third-order valence-electron chi connectivity index (χ3n) is 4.37. The molecule has 2 aromatic rings. The minimum absolute atomic E-state index is 0.0135. The summed E-state index contributed by atoms with van der Waals surface area (Å²) in [5.41, 5.74) is -0.752. The normalized spacial score (nSPS) is 18.3. The Morgan fingerprint density at radius 3 is 2.48 bits per heavy atom. The Morgan fingerprint density at radius 2 is 1.86 bits per heavy atom. The van der Waals surface area contributed by atoms with Gasteiger partial charge < -0.3 is 15.4 Å². The molecule has 1 fully saturated rings. The smallest absolute Gasteiger partial charge is 0.261 e. The highest BCUT2D eigenvalue weighted by Gasteiger charge is 2.31. The number of hydrogen-bond donors (Lipinski definition) is 2. The molecule has 0 unspecified atom stereocenters. The Hall–Kier alpha value is -3.27. The highest BCUT2D eigenvalue weighted by molar-refractivity contribution is 7.14. The van der Waals surface area contributed by atoms with Crippen LogP contribution in [0.2, 0.25) is 0 Å². The van der Waals surface area contributed by atoms with Crippen molar-refractivity contribution in [2.24, 2.45) is 0 Å². The molecule has 1 aromatic carbocycles. The Bertz CT molecular complexity index is 1020. The van der Waals surface area contributed by atoms with Gasteiger partial charge in [0.05, 0.1) is 23.6 Å². The van der Waals surface area contributed by atoms with E-state index in [9.17, 15) is 18.4 Å². The largest absolute Gasteiger partial charge is 0.379 e. The van der Waals surface area contributed by atoms with Crippen molar-refractivity contribution >= 4 is 23.2 Å². The van der Waals surface area contributed by atoms with Crippen LogP contribution in [0.25, 0.3) is 0 Å². The van der Waals surface area contributed by atoms with E-state index in [2.05, 4.69) is 16.6 Å². The number of terminal acetylenes is 1. The topological polar surface area (TPSA) is 91.2 Å². The van der Waals surface area contributed by atoms with Gasteiger partial charge in [-0.05, 0) is 30.7 Å². The van der Waals surface area contributed by atoms with Crippen LogP contribution in [0.4, 0.5) is 8.78 Å². The summed E-state index contributed by atoms with van der Waals surface area (Å²) >= 11 is 1.03. The first-order valence-corrected chi connectivity index (χ1v) is 9.39. The number of hydrogen-bond acceptors (Lipinski definition) is 5. The average Bonchev–Trinajstić information content (AvgIpc) is 3.18. The predicted octanol–water partition coefficient (Wildman–Crippen LogP) is 2.20. The summed E-state index contributed by atoms with van der Waals surface area (Å²) in [6, 6.07) is 5.61. The molecule has 29 heavy (non-hydrogen) atoms. The molecule has 0 saturated carbocycles. The zero-order valence-electron chi connectivity index (χ0n) is 15.0. The minimum atomic E-state index is -1.06. The second-order valence-corrected chi connectivity index (χ2v) is 7.34. The molecular formula is C20H15F2N3O3S. The van der Waals surface area contributed by atoms with Crippen LogP contribution in [0.15, 0.2) is 24.3 Å². The van der Waals surface area contributed by atoms with Gasteiger partial charge in [0.25, 0.3) is 11.8 Å². The molecule has 1 saturated heterocycles. The second kappa shape index (κ2) is 8.82. The quantitative estimate of drug-likeness (QED) is 0.749. The Kier molecular flexibility index (Phi) is 6.23. The first-order valence-electron chi connectivity index (χ1n) is 8.58. The van der Waals surface area contributed by atoms with Gasteiger partial charge >= 0.3 is 0 Å². The highest BCUT2D eigenvalue weighted by Crippen LogP contribution is 2.18. The van der Waals surface area contributed by atoms with Crippen molar-refractivity contribution in [3.8, 4) is 18.4 Å². The number of nitrogens with zero attached hydrogens (tertiary/aromatic N) is 1. The molecule has 2 amide bonds. The molecule has 9 heteroatoms. The van der Waals surface area contributed by atoms with Crippen LogP contribution in [-0.2, 0) is 4.74 Å². The molecule has 3 rings (SSSR count). The molecule has 2 heterocycles. The third kappa shape index (κ3) is 4.60. The van der Waals surface area contributed by atoms with Crippen molar-refractivity contribution in [3.63, 3.8) is 0 Å². The van der Waals surface area contributed by atoms with Gasteiger partial charge in [-0.25, -0.2) is 8.78 Å². The molecule has 0 aliphatic carbocycles. The summed E-state index contributed by atoms with van der Waals surface area (Å²) in [6.07, 6.45) is 5.47. The van der Waals surface area contributed by atoms with Crippen LogP contribution in [0.1, 0.15) is 36.9 Å². The van der Waals surface area contributed by atoms with E-state index < -0.39 is 41.1 Å². The maximum atomic E-state index is 14.2. The Balaban J connectivity index is 1.73. The first kappa shape index (κ1) is 20.5. The number of thiophene rings is 1. The van der Waals surface area contributed by atoms with E-state index in [0.717, 1.165) is 23.5 Å². The fourth-order valence-corrected chi connectivity index (χ4v) is 3.63. The van der Waals surface area contributed by atoms with E-state index in [1.807, 2.05) is 6.07 Å². The van der Waals surface area contributed by atoms with E-state index in [4.69, 9.17) is 16.4 Å². The zero-order chi connectivity index (χ0) is 21.0. The number of rotatable bonds is 4. The van der Waals surface area contributed by atoms with Gasteiger partial charge in [-0.2, -0.15) is 5.26 Å². The highest BCUT2D eigenvalue weighted by atomic mass is 32.1. The number of ether oxygens (including phenoxy) is 1. The Morgan fingerprint density at radius 1 is 1.17 bits per heavy atom. The fraction of sp³-hybridized carbons (Fsp3) is 0.250. The van der Waals surface area contributed by atoms with E-state index in [-0.39, 0.29) is 12.2 Å². The lowest BCUT2D eigenvalue weighted by Crippen LogP contribution is -2.56. The monoisotopic (exact) mass is 415 g/mol. The standard InChI is InChI=1S/C20H15F2N3O3S/c1-2-11-7-13(21)18(14(22)8-11)20(27)24-15-5-6-28-10-16(15)25-19(26)17-4-3-12(9-23)29-17/h1,3-4,7-8,15-16H,5-6,10H2,(H,24,27)(H,25,26)/t15-,16+/m1/s1. The number of amides is 2. The van der Waals surface area contributed by atoms with Crippen LogP contribution in [-0.4, -0.2) is 37.1 Å². The summed E-state index contributed by atoms with van der Waals surface area (Å²) in [4.78, 5) is 25.6. The van der Waals surface area contributed by atoms with Crippen LogP contribution in [0.3, 0.4) is 0 Å². The SMILES string of the molecule is C#Cc1cc(F)c(C(=O)N[C@@H]2CCOC[C@@H]2NC(=O)c2ccc(C#N)s2)c(F)c1. The Labute approximate surface area is 169 Å². The molecule has 148 valence electrons. The van der Waals surface area contributed by atoms with Crippen molar-refractivity contribution in [1.29, 1.82) is 5.26 Å².